The number of urea groups is 1. The Kier molecular flexibility index (Phi) is 2.25. The Hall–Kier alpha value is -2.10. The van der Waals surface area contributed by atoms with Crippen molar-refractivity contribution < 1.29 is 4.79 Å². The standard InChI is InChI=1S/C11H11N3O/c1-7-5-6-8-3-2-4-9(10(8)13-7)14-11(12)15/h2-6H,1H3,(H3,12,14,15). The molecule has 2 aromatic rings. The van der Waals surface area contributed by atoms with Gasteiger partial charge in [-0.1, -0.05) is 18.2 Å². The van der Waals surface area contributed by atoms with Crippen LogP contribution in [0.15, 0.2) is 30.3 Å². The smallest absolute Gasteiger partial charge is 0.316 e. The number of aromatic nitrogens is 1. The lowest BCUT2D eigenvalue weighted by Gasteiger charge is -2.06. The van der Waals surface area contributed by atoms with Gasteiger partial charge in [-0.05, 0) is 19.1 Å². The number of nitrogens with zero attached hydrogens (tertiary/aromatic N) is 1. The van der Waals surface area contributed by atoms with E-state index >= 15 is 0 Å². The Morgan fingerprint density at radius 2 is 2.13 bits per heavy atom. The molecule has 0 aliphatic rings. The number of amides is 2. The number of primary amides is 1. The van der Waals surface area contributed by atoms with E-state index in [1.54, 1.807) is 6.07 Å². The summed E-state index contributed by atoms with van der Waals surface area (Å²) in [6.07, 6.45) is 0. The number of rotatable bonds is 1. The van der Waals surface area contributed by atoms with Crippen LogP contribution in [0.2, 0.25) is 0 Å². The maximum Gasteiger partial charge on any atom is 0.316 e. The summed E-state index contributed by atoms with van der Waals surface area (Å²) < 4.78 is 0. The summed E-state index contributed by atoms with van der Waals surface area (Å²) in [6.45, 7) is 1.90. The lowest BCUT2D eigenvalue weighted by molar-refractivity contribution is 0.259. The molecule has 3 N–H and O–H groups in total. The van der Waals surface area contributed by atoms with Crippen molar-refractivity contribution in [2.75, 3.05) is 5.32 Å². The van der Waals surface area contributed by atoms with E-state index in [-0.39, 0.29) is 0 Å². The molecule has 76 valence electrons. The Balaban J connectivity index is 2.63. The minimum absolute atomic E-state index is 0.578. The predicted molar refractivity (Wildman–Crippen MR) is 59.7 cm³/mol. The highest BCUT2D eigenvalue weighted by Crippen LogP contribution is 2.21. The highest BCUT2D eigenvalue weighted by molar-refractivity contribution is 5.98. The Morgan fingerprint density at radius 1 is 1.33 bits per heavy atom. The van der Waals surface area contributed by atoms with Crippen molar-refractivity contribution in [2.45, 2.75) is 6.92 Å². The fourth-order valence-electron chi connectivity index (χ4n) is 1.48. The lowest BCUT2D eigenvalue weighted by atomic mass is 10.2. The molecule has 0 fully saturated rings. The van der Waals surface area contributed by atoms with Gasteiger partial charge >= 0.3 is 6.03 Å². The number of carbonyl (C=O) groups excluding carboxylic acids is 1. The molecule has 0 aliphatic heterocycles. The number of nitrogens with two attached hydrogens (primary N) is 1. The maximum atomic E-state index is 10.8. The number of hydrogen-bond acceptors (Lipinski definition) is 2. The van der Waals surface area contributed by atoms with E-state index in [1.165, 1.54) is 0 Å². The van der Waals surface area contributed by atoms with E-state index in [1.807, 2.05) is 31.2 Å². The molecule has 1 heterocycles. The molecule has 1 aromatic heterocycles. The number of anilines is 1. The van der Waals surface area contributed by atoms with Crippen LogP contribution in [0.1, 0.15) is 5.69 Å². The summed E-state index contributed by atoms with van der Waals surface area (Å²) >= 11 is 0. The first-order valence-corrected chi connectivity index (χ1v) is 4.59. The molecular weight excluding hydrogens is 190 g/mol. The average molecular weight is 201 g/mol. The van der Waals surface area contributed by atoms with E-state index in [0.29, 0.717) is 5.69 Å². The van der Waals surface area contributed by atoms with Crippen LogP contribution < -0.4 is 11.1 Å². The lowest BCUT2D eigenvalue weighted by Crippen LogP contribution is -2.19. The Morgan fingerprint density at radius 3 is 2.87 bits per heavy atom. The van der Waals surface area contributed by atoms with Gasteiger partial charge in [-0.3, -0.25) is 4.98 Å². The molecule has 2 amide bonds. The highest BCUT2D eigenvalue weighted by Gasteiger charge is 2.03. The van der Waals surface area contributed by atoms with Gasteiger partial charge in [0.15, 0.2) is 0 Å². The minimum Gasteiger partial charge on any atom is -0.351 e. The second-order valence-electron chi connectivity index (χ2n) is 3.32. The third kappa shape index (κ3) is 1.88. The Bertz CT molecular complexity index is 522. The molecule has 0 atom stereocenters. The van der Waals surface area contributed by atoms with Crippen LogP contribution in [0.3, 0.4) is 0 Å². The molecule has 0 bridgehead atoms. The molecule has 4 heteroatoms. The molecule has 0 saturated carbocycles. The Labute approximate surface area is 87.1 Å². The number of para-hydroxylation sites is 1. The number of aryl methyl sites for hydroxylation is 1. The van der Waals surface area contributed by atoms with Gasteiger partial charge in [0, 0.05) is 11.1 Å². The molecule has 1 aromatic carbocycles. The van der Waals surface area contributed by atoms with Crippen LogP contribution in [-0.2, 0) is 0 Å². The monoisotopic (exact) mass is 201 g/mol. The van der Waals surface area contributed by atoms with Gasteiger partial charge in [0.05, 0.1) is 11.2 Å². The summed E-state index contributed by atoms with van der Waals surface area (Å²) in [7, 11) is 0. The molecule has 4 nitrogen and oxygen atoms in total. The minimum atomic E-state index is -0.578. The molecular formula is C11H11N3O. The van der Waals surface area contributed by atoms with Crippen LogP contribution in [0.5, 0.6) is 0 Å². The topological polar surface area (TPSA) is 68.0 Å². The van der Waals surface area contributed by atoms with Crippen molar-refractivity contribution in [2.24, 2.45) is 5.73 Å². The SMILES string of the molecule is Cc1ccc2cccc(NC(N)=O)c2n1. The fourth-order valence-corrected chi connectivity index (χ4v) is 1.48. The third-order valence-electron chi connectivity index (χ3n) is 2.12. The van der Waals surface area contributed by atoms with Crippen LogP contribution in [0.25, 0.3) is 10.9 Å². The second kappa shape index (κ2) is 3.57. The largest absolute Gasteiger partial charge is 0.351 e. The zero-order valence-electron chi connectivity index (χ0n) is 8.32. The summed E-state index contributed by atoms with van der Waals surface area (Å²) in [6, 6.07) is 8.88. The van der Waals surface area contributed by atoms with Crippen molar-refractivity contribution >= 4 is 22.6 Å². The van der Waals surface area contributed by atoms with Crippen molar-refractivity contribution in [1.29, 1.82) is 0 Å². The van der Waals surface area contributed by atoms with Crippen LogP contribution in [-0.4, -0.2) is 11.0 Å². The van der Waals surface area contributed by atoms with E-state index in [4.69, 9.17) is 5.73 Å². The zero-order valence-corrected chi connectivity index (χ0v) is 8.32. The first-order chi connectivity index (χ1) is 7.16. The van der Waals surface area contributed by atoms with Crippen LogP contribution in [0.4, 0.5) is 10.5 Å². The molecule has 2 rings (SSSR count). The van der Waals surface area contributed by atoms with Crippen molar-refractivity contribution in [3.63, 3.8) is 0 Å². The van der Waals surface area contributed by atoms with Crippen molar-refractivity contribution in [3.05, 3.63) is 36.0 Å². The molecule has 0 spiro atoms. The molecule has 0 saturated heterocycles. The number of benzene rings is 1. The zero-order chi connectivity index (χ0) is 10.8. The fraction of sp³-hybridized carbons (Fsp3) is 0.0909. The van der Waals surface area contributed by atoms with Gasteiger partial charge < -0.3 is 11.1 Å². The molecule has 0 radical (unpaired) electrons. The first kappa shape index (κ1) is 9.45. The summed E-state index contributed by atoms with van der Waals surface area (Å²) in [5.74, 6) is 0. The molecule has 0 unspecified atom stereocenters. The number of hydrogen-bond donors (Lipinski definition) is 2. The van der Waals surface area contributed by atoms with Gasteiger partial charge in [-0.25, -0.2) is 4.79 Å². The van der Waals surface area contributed by atoms with E-state index in [2.05, 4.69) is 10.3 Å². The van der Waals surface area contributed by atoms with Gasteiger partial charge in [0.25, 0.3) is 0 Å². The quantitative estimate of drug-likeness (QED) is 0.741. The van der Waals surface area contributed by atoms with Gasteiger partial charge in [0.2, 0.25) is 0 Å². The van der Waals surface area contributed by atoms with Gasteiger partial charge in [-0.2, -0.15) is 0 Å². The maximum absolute atomic E-state index is 10.8. The second-order valence-corrected chi connectivity index (χ2v) is 3.32. The van der Waals surface area contributed by atoms with Crippen LogP contribution >= 0.6 is 0 Å². The molecule has 0 aliphatic carbocycles. The van der Waals surface area contributed by atoms with Gasteiger partial charge in [0.1, 0.15) is 0 Å². The van der Waals surface area contributed by atoms with E-state index in [9.17, 15) is 4.79 Å². The number of nitrogens with one attached hydrogen (secondary N) is 1. The number of pyridine rings is 1. The summed E-state index contributed by atoms with van der Waals surface area (Å²) in [4.78, 5) is 15.1. The summed E-state index contributed by atoms with van der Waals surface area (Å²) in [5.41, 5.74) is 7.38. The van der Waals surface area contributed by atoms with E-state index in [0.717, 1.165) is 16.6 Å². The van der Waals surface area contributed by atoms with Crippen LogP contribution in [0, 0.1) is 6.92 Å². The van der Waals surface area contributed by atoms with Crippen molar-refractivity contribution in [3.8, 4) is 0 Å². The normalized spacial score (nSPS) is 10.2. The third-order valence-corrected chi connectivity index (χ3v) is 2.12. The predicted octanol–water partition coefficient (Wildman–Crippen LogP) is 2.03. The highest BCUT2D eigenvalue weighted by atomic mass is 16.2. The van der Waals surface area contributed by atoms with E-state index < -0.39 is 6.03 Å². The first-order valence-electron chi connectivity index (χ1n) is 4.59. The summed E-state index contributed by atoms with van der Waals surface area (Å²) in [5, 5.41) is 3.53. The van der Waals surface area contributed by atoms with Gasteiger partial charge in [-0.15, -0.1) is 0 Å². The average Bonchev–Trinajstić information content (AvgIpc) is 2.18. The molecule has 15 heavy (non-hydrogen) atoms. The number of carbonyl (C=O) groups is 1. The van der Waals surface area contributed by atoms with Crippen molar-refractivity contribution in [1.82, 2.24) is 4.98 Å². The number of fused-ring (bicyclic) bond motifs is 1.